The SMILES string of the molecule is COc1ccc(CN(Cc2ccc(OC)cc2)c2ncc(-c3nc(N4CCOCC4)nc4c3CCN4C(=O)Nc3ccc(N(C)CCCN4CCN(C)CC4)cc3)cn2)cc1. The molecule has 320 valence electrons. The molecule has 5 aromatic rings. The minimum Gasteiger partial charge on any atom is -0.497 e. The van der Waals surface area contributed by atoms with Crippen LogP contribution >= 0.6 is 0 Å². The number of carbonyl (C=O) groups is 1. The summed E-state index contributed by atoms with van der Waals surface area (Å²) >= 11 is 0. The van der Waals surface area contributed by atoms with Crippen LogP contribution in [0.2, 0.25) is 0 Å². The Labute approximate surface area is 358 Å². The number of anilines is 5. The van der Waals surface area contributed by atoms with Crippen LogP contribution in [0.4, 0.5) is 33.9 Å². The van der Waals surface area contributed by atoms with Crippen molar-refractivity contribution >= 4 is 35.1 Å². The maximum Gasteiger partial charge on any atom is 0.327 e. The summed E-state index contributed by atoms with van der Waals surface area (Å²) in [5.74, 6) is 3.34. The van der Waals surface area contributed by atoms with E-state index in [9.17, 15) is 4.79 Å². The van der Waals surface area contributed by atoms with E-state index >= 15 is 0 Å². The maximum absolute atomic E-state index is 14.0. The van der Waals surface area contributed by atoms with Gasteiger partial charge in [-0.25, -0.2) is 19.7 Å². The highest BCUT2D eigenvalue weighted by atomic mass is 16.5. The number of urea groups is 1. The lowest BCUT2D eigenvalue weighted by Crippen LogP contribution is -2.45. The zero-order valence-electron chi connectivity index (χ0n) is 35.8. The topological polar surface area (TPSA) is 128 Å². The van der Waals surface area contributed by atoms with Crippen molar-refractivity contribution in [2.75, 3.05) is 125 Å². The van der Waals surface area contributed by atoms with Gasteiger partial charge in [-0.3, -0.25) is 4.90 Å². The number of carbonyl (C=O) groups excluding carboxylic acids is 1. The third-order valence-corrected chi connectivity index (χ3v) is 11.7. The number of ether oxygens (including phenoxy) is 3. The molecule has 3 aromatic carbocycles. The van der Waals surface area contributed by atoms with Crippen molar-refractivity contribution in [2.24, 2.45) is 0 Å². The number of methoxy groups -OCH3 is 2. The fraction of sp³-hybridized carbons (Fsp3) is 0.413. The second-order valence-corrected chi connectivity index (χ2v) is 15.9. The number of piperazine rings is 1. The summed E-state index contributed by atoms with van der Waals surface area (Å²) in [6.45, 7) is 10.7. The van der Waals surface area contributed by atoms with Crippen LogP contribution in [0.1, 0.15) is 23.1 Å². The summed E-state index contributed by atoms with van der Waals surface area (Å²) in [6.07, 6.45) is 5.36. The van der Waals surface area contributed by atoms with E-state index in [1.165, 1.54) is 0 Å². The highest BCUT2D eigenvalue weighted by molar-refractivity contribution is 6.03. The van der Waals surface area contributed by atoms with Crippen LogP contribution < -0.4 is 34.4 Å². The largest absolute Gasteiger partial charge is 0.497 e. The molecule has 3 aliphatic rings. The van der Waals surface area contributed by atoms with E-state index in [0.29, 0.717) is 70.1 Å². The Hall–Kier alpha value is -6.03. The van der Waals surface area contributed by atoms with E-state index < -0.39 is 0 Å². The first-order chi connectivity index (χ1) is 29.8. The van der Waals surface area contributed by atoms with Crippen molar-refractivity contribution in [1.29, 1.82) is 0 Å². The molecule has 2 fully saturated rings. The van der Waals surface area contributed by atoms with Gasteiger partial charge in [0.15, 0.2) is 0 Å². The Morgan fingerprint density at radius 1 is 0.787 bits per heavy atom. The van der Waals surface area contributed by atoms with Gasteiger partial charge in [0.25, 0.3) is 0 Å². The summed E-state index contributed by atoms with van der Waals surface area (Å²) in [5.41, 5.74) is 6.42. The summed E-state index contributed by atoms with van der Waals surface area (Å²) in [5, 5.41) is 3.13. The third-order valence-electron chi connectivity index (χ3n) is 11.7. The van der Waals surface area contributed by atoms with E-state index in [1.807, 2.05) is 48.8 Å². The standard InChI is InChI=1S/C46H57N11O4/c1-52-22-24-54(25-23-52)20-5-19-53(2)38-12-10-37(11-13-38)49-46(58)57-21-18-41-42(50-45(51-43(41)57)55-26-28-61-29-27-55)36-30-47-44(48-31-36)56(32-34-6-14-39(59-3)15-7-34)33-35-8-16-40(60-4)17-9-35/h6-17,30-31H,5,18-29,32-33H2,1-4H3,(H,49,58). The first kappa shape index (κ1) is 41.7. The number of amides is 2. The van der Waals surface area contributed by atoms with Gasteiger partial charge in [-0.1, -0.05) is 24.3 Å². The molecule has 15 nitrogen and oxygen atoms in total. The van der Waals surface area contributed by atoms with Crippen molar-refractivity contribution in [3.63, 3.8) is 0 Å². The molecular formula is C46H57N11O4. The highest BCUT2D eigenvalue weighted by Crippen LogP contribution is 2.36. The van der Waals surface area contributed by atoms with Gasteiger partial charge >= 0.3 is 6.03 Å². The summed E-state index contributed by atoms with van der Waals surface area (Å²) in [6, 6.07) is 23.9. The average Bonchev–Trinajstić information content (AvgIpc) is 3.75. The predicted molar refractivity (Wildman–Crippen MR) is 240 cm³/mol. The lowest BCUT2D eigenvalue weighted by Gasteiger charge is -2.32. The number of benzene rings is 3. The Balaban J connectivity index is 0.996. The molecule has 15 heteroatoms. The minimum absolute atomic E-state index is 0.232. The number of hydrogen-bond acceptors (Lipinski definition) is 13. The number of aromatic nitrogens is 4. The molecular weight excluding hydrogens is 771 g/mol. The Morgan fingerprint density at radius 2 is 1.41 bits per heavy atom. The normalized spacial score (nSPS) is 15.7. The van der Waals surface area contributed by atoms with Gasteiger partial charge in [0.1, 0.15) is 17.3 Å². The number of morpholine rings is 1. The monoisotopic (exact) mass is 827 g/mol. The van der Waals surface area contributed by atoms with Crippen molar-refractivity contribution in [2.45, 2.75) is 25.9 Å². The Bertz CT molecular complexity index is 2140. The minimum atomic E-state index is -0.232. The van der Waals surface area contributed by atoms with Gasteiger partial charge < -0.3 is 44.0 Å². The molecule has 0 atom stereocenters. The predicted octanol–water partition coefficient (Wildman–Crippen LogP) is 5.66. The molecule has 0 saturated carbocycles. The number of fused-ring (bicyclic) bond motifs is 1. The van der Waals surface area contributed by atoms with Crippen LogP contribution in [0.3, 0.4) is 0 Å². The lowest BCUT2D eigenvalue weighted by molar-refractivity contribution is 0.122. The lowest BCUT2D eigenvalue weighted by atomic mass is 10.1. The molecule has 61 heavy (non-hydrogen) atoms. The van der Waals surface area contributed by atoms with E-state index in [-0.39, 0.29) is 6.03 Å². The molecule has 3 aliphatic heterocycles. The molecule has 2 aromatic heterocycles. The molecule has 2 amide bonds. The average molecular weight is 828 g/mol. The molecule has 0 aliphatic carbocycles. The number of rotatable bonds is 15. The van der Waals surface area contributed by atoms with Crippen molar-refractivity contribution < 1.29 is 19.0 Å². The van der Waals surface area contributed by atoms with Crippen molar-refractivity contribution in [3.05, 3.63) is 102 Å². The molecule has 2 saturated heterocycles. The van der Waals surface area contributed by atoms with Gasteiger partial charge in [-0.15, -0.1) is 0 Å². The molecule has 1 N–H and O–H groups in total. The maximum atomic E-state index is 14.0. The van der Waals surface area contributed by atoms with Crippen LogP contribution in [0.25, 0.3) is 11.3 Å². The Kier molecular flexibility index (Phi) is 13.4. The first-order valence-corrected chi connectivity index (χ1v) is 21.2. The zero-order chi connectivity index (χ0) is 42.1. The summed E-state index contributed by atoms with van der Waals surface area (Å²) in [4.78, 5) is 47.2. The second kappa shape index (κ2) is 19.6. The number of hydrogen-bond donors (Lipinski definition) is 1. The highest BCUT2D eigenvalue weighted by Gasteiger charge is 2.32. The fourth-order valence-corrected chi connectivity index (χ4v) is 8.01. The second-order valence-electron chi connectivity index (χ2n) is 15.9. The Morgan fingerprint density at radius 3 is 2.02 bits per heavy atom. The van der Waals surface area contributed by atoms with E-state index in [1.54, 1.807) is 19.1 Å². The molecule has 8 rings (SSSR count). The number of likely N-dealkylation sites (N-methyl/N-ethyl adjacent to an activating group) is 1. The smallest absolute Gasteiger partial charge is 0.327 e. The van der Waals surface area contributed by atoms with Gasteiger partial charge in [0.05, 0.1) is 33.1 Å². The molecule has 0 radical (unpaired) electrons. The van der Waals surface area contributed by atoms with E-state index in [2.05, 4.69) is 80.3 Å². The molecule has 0 spiro atoms. The van der Waals surface area contributed by atoms with Crippen LogP contribution in [-0.4, -0.2) is 136 Å². The van der Waals surface area contributed by atoms with Crippen molar-refractivity contribution in [1.82, 2.24) is 29.7 Å². The van der Waals surface area contributed by atoms with Gasteiger partial charge in [-0.2, -0.15) is 4.98 Å². The quantitative estimate of drug-likeness (QED) is 0.140. The molecule has 0 bridgehead atoms. The zero-order valence-corrected chi connectivity index (χ0v) is 35.8. The summed E-state index contributed by atoms with van der Waals surface area (Å²) < 4.78 is 16.4. The molecule has 0 unspecified atom stereocenters. The van der Waals surface area contributed by atoms with Gasteiger partial charge in [-0.05, 0) is 86.1 Å². The molecule has 5 heterocycles. The van der Waals surface area contributed by atoms with Gasteiger partial charge in [0.2, 0.25) is 11.9 Å². The van der Waals surface area contributed by atoms with Crippen molar-refractivity contribution in [3.8, 4) is 22.8 Å². The van der Waals surface area contributed by atoms with E-state index in [0.717, 1.165) is 96.5 Å². The number of nitrogens with zero attached hydrogens (tertiary/aromatic N) is 10. The third kappa shape index (κ3) is 10.3. The van der Waals surface area contributed by atoms with Gasteiger partial charge in [0, 0.05) is 107 Å². The summed E-state index contributed by atoms with van der Waals surface area (Å²) in [7, 11) is 7.65. The van der Waals surface area contributed by atoms with Crippen LogP contribution in [-0.2, 0) is 24.2 Å². The van der Waals surface area contributed by atoms with E-state index in [4.69, 9.17) is 34.1 Å². The van der Waals surface area contributed by atoms with Crippen LogP contribution in [0.5, 0.6) is 11.5 Å². The van der Waals surface area contributed by atoms with Crippen LogP contribution in [0, 0.1) is 0 Å². The van der Waals surface area contributed by atoms with Crippen LogP contribution in [0.15, 0.2) is 85.2 Å². The fourth-order valence-electron chi connectivity index (χ4n) is 8.01. The number of nitrogens with one attached hydrogen (secondary N) is 1. The first-order valence-electron chi connectivity index (χ1n) is 21.2.